The van der Waals surface area contributed by atoms with E-state index in [0.717, 1.165) is 54.0 Å². The van der Waals surface area contributed by atoms with Crippen molar-refractivity contribution >= 4 is 5.91 Å². The van der Waals surface area contributed by atoms with Crippen molar-refractivity contribution in [3.05, 3.63) is 59.7 Å². The average molecular weight is 405 g/mol. The molecule has 3 aromatic rings. The van der Waals surface area contributed by atoms with E-state index >= 15 is 0 Å². The number of aromatic nitrogens is 5. The van der Waals surface area contributed by atoms with E-state index in [-0.39, 0.29) is 11.9 Å². The van der Waals surface area contributed by atoms with Crippen molar-refractivity contribution in [3.8, 4) is 11.3 Å². The van der Waals surface area contributed by atoms with Gasteiger partial charge in [-0.2, -0.15) is 10.1 Å². The van der Waals surface area contributed by atoms with Crippen LogP contribution in [0.4, 0.5) is 0 Å². The maximum absolute atomic E-state index is 13.0. The molecule has 2 N–H and O–H groups in total. The first-order valence-electron chi connectivity index (χ1n) is 10.2. The minimum Gasteiger partial charge on any atom is -0.348 e. The predicted molar refractivity (Wildman–Crippen MR) is 108 cm³/mol. The normalized spacial score (nSPS) is 19.2. The molecule has 1 atom stereocenters. The summed E-state index contributed by atoms with van der Waals surface area (Å²) in [5.74, 6) is 0.682. The summed E-state index contributed by atoms with van der Waals surface area (Å²) < 4.78 is 4.81. The highest BCUT2D eigenvalue weighted by Gasteiger charge is 2.26. The molecule has 0 spiro atoms. The second-order valence-electron chi connectivity index (χ2n) is 7.77. The average Bonchev–Trinajstić information content (AvgIpc) is 3.44. The van der Waals surface area contributed by atoms with E-state index in [1.54, 1.807) is 12.4 Å². The Bertz CT molecular complexity index is 1040. The molecule has 1 unspecified atom stereocenters. The molecule has 0 aromatic carbocycles. The van der Waals surface area contributed by atoms with Crippen molar-refractivity contribution in [1.82, 2.24) is 35.5 Å². The fourth-order valence-electron chi connectivity index (χ4n) is 4.23. The van der Waals surface area contributed by atoms with Gasteiger partial charge < -0.3 is 9.84 Å². The molecule has 0 bridgehead atoms. The summed E-state index contributed by atoms with van der Waals surface area (Å²) in [7, 11) is 0. The van der Waals surface area contributed by atoms with Crippen LogP contribution in [-0.4, -0.2) is 55.3 Å². The zero-order chi connectivity index (χ0) is 20.3. The van der Waals surface area contributed by atoms with Crippen molar-refractivity contribution in [3.63, 3.8) is 0 Å². The van der Waals surface area contributed by atoms with Crippen LogP contribution in [0.15, 0.2) is 47.1 Å². The Labute approximate surface area is 173 Å². The molecule has 9 nitrogen and oxygen atoms in total. The lowest BCUT2D eigenvalue weighted by molar-refractivity contribution is -0.118. The van der Waals surface area contributed by atoms with Crippen LogP contribution >= 0.6 is 0 Å². The number of hydrogen-bond acceptors (Lipinski definition) is 7. The van der Waals surface area contributed by atoms with Crippen LogP contribution in [-0.2, 0) is 24.2 Å². The highest BCUT2D eigenvalue weighted by Crippen LogP contribution is 2.29. The smallest absolute Gasteiger partial charge is 0.247 e. The Morgan fingerprint density at radius 1 is 1.33 bits per heavy atom. The first kappa shape index (κ1) is 18.7. The third kappa shape index (κ3) is 3.88. The van der Waals surface area contributed by atoms with Gasteiger partial charge in [0.05, 0.1) is 12.2 Å². The third-order valence-corrected chi connectivity index (χ3v) is 5.73. The fraction of sp³-hybridized carbons (Fsp3) is 0.381. The lowest BCUT2D eigenvalue weighted by Crippen LogP contribution is -2.48. The van der Waals surface area contributed by atoms with Crippen molar-refractivity contribution < 1.29 is 9.32 Å². The van der Waals surface area contributed by atoms with Gasteiger partial charge >= 0.3 is 0 Å². The number of carbonyl (C=O) groups is 1. The molecule has 1 amide bonds. The molecule has 1 aliphatic heterocycles. The standard InChI is InChI=1S/C21H23N7O2/c29-21(24-16-2-1-9-28(11-16)12-19-23-13-30-27-19)15-3-4-18-17(10-15)20(26-25-18)14-5-7-22-8-6-14/h3,5-8,13,16H,1-2,4,9-12H2,(H,24,29)(H,25,26). The number of nitrogens with zero attached hydrogens (tertiary/aromatic N) is 5. The summed E-state index contributed by atoms with van der Waals surface area (Å²) in [5, 5.41) is 14.7. The number of fused-ring (bicyclic) bond motifs is 1. The molecule has 154 valence electrons. The minimum absolute atomic E-state index is 0.00828. The summed E-state index contributed by atoms with van der Waals surface area (Å²) in [6, 6.07) is 3.99. The molecule has 3 aromatic heterocycles. The Morgan fingerprint density at radius 2 is 2.23 bits per heavy atom. The van der Waals surface area contributed by atoms with Crippen LogP contribution < -0.4 is 5.32 Å². The minimum atomic E-state index is 0.00828. The van der Waals surface area contributed by atoms with E-state index in [1.165, 1.54) is 6.39 Å². The number of aromatic amines is 1. The topological polar surface area (TPSA) is 113 Å². The molecule has 9 heteroatoms. The number of H-pyrrole nitrogens is 1. The van der Waals surface area contributed by atoms with E-state index in [9.17, 15) is 4.79 Å². The molecular weight excluding hydrogens is 382 g/mol. The van der Waals surface area contributed by atoms with Crippen molar-refractivity contribution in [2.75, 3.05) is 13.1 Å². The number of allylic oxidation sites excluding steroid dienone is 1. The number of rotatable bonds is 5. The number of likely N-dealkylation sites (tertiary alicyclic amines) is 1. The van der Waals surface area contributed by atoms with E-state index in [4.69, 9.17) is 4.52 Å². The van der Waals surface area contributed by atoms with Crippen LogP contribution in [0.5, 0.6) is 0 Å². The molecule has 1 saturated heterocycles. The molecule has 1 aliphatic carbocycles. The van der Waals surface area contributed by atoms with Gasteiger partial charge in [-0.25, -0.2) is 0 Å². The maximum atomic E-state index is 13.0. The Hall–Kier alpha value is -3.33. The molecule has 0 radical (unpaired) electrons. The molecular formula is C21H23N7O2. The van der Waals surface area contributed by atoms with Crippen LogP contribution in [0.2, 0.25) is 0 Å². The number of hydrogen-bond donors (Lipinski definition) is 2. The summed E-state index contributed by atoms with van der Waals surface area (Å²) in [5.41, 5.74) is 4.87. The highest BCUT2D eigenvalue weighted by atomic mass is 16.5. The molecule has 5 rings (SSSR count). The van der Waals surface area contributed by atoms with Gasteiger partial charge in [-0.3, -0.25) is 19.8 Å². The van der Waals surface area contributed by atoms with E-state index in [1.807, 2.05) is 18.2 Å². The lowest BCUT2D eigenvalue weighted by Gasteiger charge is -2.32. The second kappa shape index (κ2) is 8.19. The number of amides is 1. The van der Waals surface area contributed by atoms with Gasteiger partial charge in [0.1, 0.15) is 0 Å². The number of piperidine rings is 1. The Kier molecular flexibility index (Phi) is 5.10. The van der Waals surface area contributed by atoms with Gasteiger partial charge in [0, 0.05) is 60.2 Å². The van der Waals surface area contributed by atoms with Gasteiger partial charge in [-0.1, -0.05) is 11.2 Å². The monoisotopic (exact) mass is 405 g/mol. The van der Waals surface area contributed by atoms with Crippen LogP contribution in [0.25, 0.3) is 11.3 Å². The zero-order valence-electron chi connectivity index (χ0n) is 16.5. The number of pyridine rings is 1. The van der Waals surface area contributed by atoms with Crippen molar-refractivity contribution in [2.24, 2.45) is 0 Å². The van der Waals surface area contributed by atoms with Gasteiger partial charge in [0.2, 0.25) is 12.3 Å². The lowest BCUT2D eigenvalue weighted by atomic mass is 9.92. The number of carbonyl (C=O) groups excluding carboxylic acids is 1. The summed E-state index contributed by atoms with van der Waals surface area (Å²) >= 11 is 0. The van der Waals surface area contributed by atoms with Crippen molar-refractivity contribution in [1.29, 1.82) is 0 Å². The Balaban J connectivity index is 1.23. The third-order valence-electron chi connectivity index (χ3n) is 5.73. The van der Waals surface area contributed by atoms with E-state index < -0.39 is 0 Å². The van der Waals surface area contributed by atoms with E-state index in [0.29, 0.717) is 25.2 Å². The van der Waals surface area contributed by atoms with Gasteiger partial charge in [-0.15, -0.1) is 0 Å². The largest absolute Gasteiger partial charge is 0.348 e. The molecule has 0 saturated carbocycles. The predicted octanol–water partition coefficient (Wildman–Crippen LogP) is 1.66. The Morgan fingerprint density at radius 3 is 3.07 bits per heavy atom. The second-order valence-corrected chi connectivity index (χ2v) is 7.77. The maximum Gasteiger partial charge on any atom is 0.247 e. The first-order chi connectivity index (χ1) is 14.8. The van der Waals surface area contributed by atoms with Crippen molar-refractivity contribution in [2.45, 2.75) is 38.3 Å². The summed E-state index contributed by atoms with van der Waals surface area (Å²) in [4.78, 5) is 23.4. The quantitative estimate of drug-likeness (QED) is 0.664. The molecule has 2 aliphatic rings. The van der Waals surface area contributed by atoms with Gasteiger partial charge in [0.25, 0.3) is 0 Å². The molecule has 4 heterocycles. The van der Waals surface area contributed by atoms with Crippen LogP contribution in [0.1, 0.15) is 29.9 Å². The molecule has 1 fully saturated rings. The van der Waals surface area contributed by atoms with Crippen LogP contribution in [0.3, 0.4) is 0 Å². The number of nitrogens with one attached hydrogen (secondary N) is 2. The summed E-state index contributed by atoms with van der Waals surface area (Å²) in [6.45, 7) is 2.39. The van der Waals surface area contributed by atoms with Crippen LogP contribution in [0, 0.1) is 0 Å². The highest BCUT2D eigenvalue weighted by molar-refractivity contribution is 5.95. The first-order valence-corrected chi connectivity index (χ1v) is 10.2. The fourth-order valence-corrected chi connectivity index (χ4v) is 4.23. The van der Waals surface area contributed by atoms with Gasteiger partial charge in [-0.05, 0) is 31.5 Å². The van der Waals surface area contributed by atoms with E-state index in [2.05, 4.69) is 35.5 Å². The summed E-state index contributed by atoms with van der Waals surface area (Å²) in [6.07, 6.45) is 10.1. The molecule has 30 heavy (non-hydrogen) atoms. The zero-order valence-corrected chi connectivity index (χ0v) is 16.5. The van der Waals surface area contributed by atoms with Gasteiger partial charge in [0.15, 0.2) is 5.82 Å². The SMILES string of the molecule is O=C(NC1CCCN(Cc2ncon2)C1)C1=CCc2[nH]nc(-c3ccncc3)c2C1.